The third kappa shape index (κ3) is 6.88. The van der Waals surface area contributed by atoms with Gasteiger partial charge in [-0.05, 0) is 111 Å². The molecule has 1 N–H and O–H groups in total. The maximum atomic E-state index is 13.7. The number of hydrogen-bond donors (Lipinski definition) is 1. The summed E-state index contributed by atoms with van der Waals surface area (Å²) in [4.78, 5) is 67.3. The zero-order valence-corrected chi connectivity index (χ0v) is 31.9. The Hall–Kier alpha value is -6.04. The molecular weight excluding hydrogens is 728 g/mol. The third-order valence-electron chi connectivity index (χ3n) is 11.7. The van der Waals surface area contributed by atoms with Crippen LogP contribution in [-0.4, -0.2) is 61.7 Å². The van der Waals surface area contributed by atoms with Crippen LogP contribution in [-0.2, 0) is 33.9 Å². The summed E-state index contributed by atoms with van der Waals surface area (Å²) in [6.45, 7) is 5.59. The van der Waals surface area contributed by atoms with Gasteiger partial charge in [-0.2, -0.15) is 10.4 Å². The van der Waals surface area contributed by atoms with E-state index in [1.807, 2.05) is 41.6 Å². The molecular formula is C44H39ClN6O5. The number of imide groups is 2. The first-order chi connectivity index (χ1) is 27.0. The number of piperidine rings is 1. The second kappa shape index (κ2) is 14.9. The van der Waals surface area contributed by atoms with Gasteiger partial charge in [-0.1, -0.05) is 41.6 Å². The summed E-state index contributed by atoms with van der Waals surface area (Å²) < 4.78 is 1.98. The molecule has 3 aromatic carbocycles. The summed E-state index contributed by atoms with van der Waals surface area (Å²) in [6, 6.07) is 18.1. The molecule has 4 heterocycles. The highest BCUT2D eigenvalue weighted by atomic mass is 35.5. The topological polar surface area (TPSA) is 145 Å². The molecule has 1 unspecified atom stereocenters. The number of rotatable bonds is 5. The van der Waals surface area contributed by atoms with Crippen LogP contribution in [0.4, 0.5) is 0 Å². The Morgan fingerprint density at radius 1 is 0.911 bits per heavy atom. The SMILES string of the molecule is Cc1c(-c2ccc(C#N)c(Cl)c2)nn(Cc2ccc(C#CC3CCC(C(=O)N4CCc5cc6c(cc5C4)C(=O)N(C4CCC(=O)NC4=O)C6=O)CC3)cc2)c1C. The van der Waals surface area contributed by atoms with Gasteiger partial charge in [0, 0.05) is 48.2 Å². The number of nitrogens with zero attached hydrogens (tertiary/aromatic N) is 5. The van der Waals surface area contributed by atoms with Crippen molar-refractivity contribution in [3.63, 3.8) is 0 Å². The molecule has 8 rings (SSSR count). The summed E-state index contributed by atoms with van der Waals surface area (Å²) in [5.74, 6) is 4.92. The predicted molar refractivity (Wildman–Crippen MR) is 207 cm³/mol. The van der Waals surface area contributed by atoms with Crippen molar-refractivity contribution in [3.8, 4) is 29.2 Å². The van der Waals surface area contributed by atoms with E-state index in [1.165, 1.54) is 0 Å². The molecule has 0 radical (unpaired) electrons. The Labute approximate surface area is 329 Å². The Balaban J connectivity index is 0.852. The molecule has 282 valence electrons. The average molecular weight is 767 g/mol. The number of nitriles is 1. The minimum atomic E-state index is -1.01. The Morgan fingerprint density at radius 3 is 2.30 bits per heavy atom. The standard InChI is InChI=1S/C44H39ClN6O5/c1-25-26(2)50(48-40(25)32-13-14-33(22-46)37(45)21-32)23-29-7-5-27(6-8-29)3-4-28-9-11-30(12-10-28)42(54)49-18-17-31-19-35-36(20-34(31)24-49)44(56)51(43(35)55)38-15-16-39(52)47-41(38)53/h5-8,13-14,19-21,28,30,38H,9-12,15-18,23-24H2,1-2H3,(H,47,52,53). The van der Waals surface area contributed by atoms with Gasteiger partial charge in [0.25, 0.3) is 11.8 Å². The first-order valence-corrected chi connectivity index (χ1v) is 19.4. The van der Waals surface area contributed by atoms with Crippen molar-refractivity contribution in [3.05, 3.63) is 110 Å². The molecule has 3 aliphatic heterocycles. The molecule has 4 aromatic rings. The van der Waals surface area contributed by atoms with Crippen LogP contribution in [0.25, 0.3) is 11.3 Å². The second-order valence-electron chi connectivity index (χ2n) is 15.2. The van der Waals surface area contributed by atoms with Crippen LogP contribution in [0.2, 0.25) is 5.02 Å². The lowest BCUT2D eigenvalue weighted by Gasteiger charge is -2.34. The van der Waals surface area contributed by atoms with Crippen molar-refractivity contribution in [2.45, 2.75) is 77.9 Å². The second-order valence-corrected chi connectivity index (χ2v) is 15.6. The molecule has 0 bridgehead atoms. The minimum Gasteiger partial charge on any atom is -0.338 e. The van der Waals surface area contributed by atoms with Crippen molar-refractivity contribution >= 4 is 41.1 Å². The number of carbonyl (C=O) groups excluding carboxylic acids is 5. The third-order valence-corrected chi connectivity index (χ3v) is 12.0. The summed E-state index contributed by atoms with van der Waals surface area (Å²) in [6.07, 6.45) is 3.96. The van der Waals surface area contributed by atoms with Gasteiger partial charge in [0.1, 0.15) is 12.1 Å². The molecule has 4 aliphatic rings. The van der Waals surface area contributed by atoms with E-state index in [0.29, 0.717) is 36.6 Å². The Bertz CT molecular complexity index is 2440. The van der Waals surface area contributed by atoms with Gasteiger partial charge < -0.3 is 4.90 Å². The van der Waals surface area contributed by atoms with E-state index in [2.05, 4.69) is 35.4 Å². The molecule has 56 heavy (non-hydrogen) atoms. The number of benzene rings is 3. The molecule has 11 nitrogen and oxygen atoms in total. The molecule has 1 atom stereocenters. The number of amides is 5. The van der Waals surface area contributed by atoms with Crippen molar-refractivity contribution in [2.24, 2.45) is 11.8 Å². The monoisotopic (exact) mass is 766 g/mol. The number of halogens is 1. The summed E-state index contributed by atoms with van der Waals surface area (Å²) in [5, 5.41) is 16.7. The fourth-order valence-corrected chi connectivity index (χ4v) is 8.55. The number of carbonyl (C=O) groups is 5. The van der Waals surface area contributed by atoms with E-state index in [-0.39, 0.29) is 41.7 Å². The van der Waals surface area contributed by atoms with Crippen LogP contribution < -0.4 is 5.32 Å². The van der Waals surface area contributed by atoms with Crippen LogP contribution >= 0.6 is 11.6 Å². The van der Waals surface area contributed by atoms with Crippen molar-refractivity contribution in [1.82, 2.24) is 24.9 Å². The number of aromatic nitrogens is 2. The van der Waals surface area contributed by atoms with Crippen LogP contribution in [0.15, 0.2) is 54.6 Å². The van der Waals surface area contributed by atoms with Crippen molar-refractivity contribution < 1.29 is 24.0 Å². The molecule has 5 amide bonds. The molecule has 1 saturated carbocycles. The number of fused-ring (bicyclic) bond motifs is 2. The fourth-order valence-electron chi connectivity index (χ4n) is 8.33. The van der Waals surface area contributed by atoms with Gasteiger partial charge >= 0.3 is 0 Å². The van der Waals surface area contributed by atoms with Gasteiger partial charge in [-0.25, -0.2) is 0 Å². The highest BCUT2D eigenvalue weighted by Crippen LogP contribution is 2.35. The lowest BCUT2D eigenvalue weighted by Crippen LogP contribution is -2.54. The number of nitrogens with one attached hydrogen (secondary N) is 1. The quantitative estimate of drug-likeness (QED) is 0.197. The van der Waals surface area contributed by atoms with E-state index < -0.39 is 29.7 Å². The highest BCUT2D eigenvalue weighted by molar-refractivity contribution is 6.32. The molecule has 12 heteroatoms. The fraction of sp³-hybridized carbons (Fsp3) is 0.341. The van der Waals surface area contributed by atoms with Gasteiger partial charge in [0.05, 0.1) is 34.0 Å². The zero-order valence-electron chi connectivity index (χ0n) is 31.2. The zero-order chi connectivity index (χ0) is 39.2. The van der Waals surface area contributed by atoms with E-state index in [4.69, 9.17) is 16.7 Å². The van der Waals surface area contributed by atoms with Crippen LogP contribution in [0.5, 0.6) is 0 Å². The lowest BCUT2D eigenvalue weighted by molar-refractivity contribution is -0.138. The summed E-state index contributed by atoms with van der Waals surface area (Å²) >= 11 is 6.29. The molecule has 1 aliphatic carbocycles. The molecule has 1 saturated heterocycles. The first kappa shape index (κ1) is 36.9. The summed E-state index contributed by atoms with van der Waals surface area (Å²) in [7, 11) is 0. The van der Waals surface area contributed by atoms with Gasteiger partial charge in [0.2, 0.25) is 17.7 Å². The maximum Gasteiger partial charge on any atom is 0.262 e. The summed E-state index contributed by atoms with van der Waals surface area (Å²) in [5.41, 5.74) is 8.59. The lowest BCUT2D eigenvalue weighted by atomic mass is 9.81. The van der Waals surface area contributed by atoms with Crippen LogP contribution in [0, 0.1) is 48.9 Å². The van der Waals surface area contributed by atoms with Crippen LogP contribution in [0.1, 0.15) is 98.3 Å². The number of hydrogen-bond acceptors (Lipinski definition) is 7. The first-order valence-electron chi connectivity index (χ1n) is 19.0. The van der Waals surface area contributed by atoms with Crippen molar-refractivity contribution in [2.75, 3.05) is 6.54 Å². The smallest absolute Gasteiger partial charge is 0.262 e. The van der Waals surface area contributed by atoms with E-state index in [9.17, 15) is 29.2 Å². The van der Waals surface area contributed by atoms with E-state index >= 15 is 0 Å². The maximum absolute atomic E-state index is 13.7. The van der Waals surface area contributed by atoms with Gasteiger partial charge in [-0.3, -0.25) is 38.9 Å². The Kier molecular flexibility index (Phi) is 9.82. The van der Waals surface area contributed by atoms with Gasteiger partial charge in [-0.15, -0.1) is 0 Å². The van der Waals surface area contributed by atoms with E-state index in [1.54, 1.807) is 24.3 Å². The van der Waals surface area contributed by atoms with Gasteiger partial charge in [0.15, 0.2) is 0 Å². The molecule has 2 fully saturated rings. The van der Waals surface area contributed by atoms with Crippen LogP contribution in [0.3, 0.4) is 0 Å². The molecule has 1 aromatic heterocycles. The predicted octanol–water partition coefficient (Wildman–Crippen LogP) is 5.88. The average Bonchev–Trinajstić information content (AvgIpc) is 3.62. The van der Waals surface area contributed by atoms with E-state index in [0.717, 1.165) is 75.4 Å². The molecule has 0 spiro atoms. The van der Waals surface area contributed by atoms with Crippen molar-refractivity contribution in [1.29, 1.82) is 5.26 Å². The highest BCUT2D eigenvalue weighted by Gasteiger charge is 2.45. The normalized spacial score (nSPS) is 20.5. The Morgan fingerprint density at radius 2 is 1.62 bits per heavy atom. The minimum absolute atomic E-state index is 0.0655. The largest absolute Gasteiger partial charge is 0.338 e.